The van der Waals surface area contributed by atoms with E-state index in [1.54, 1.807) is 0 Å². The molecule has 0 aliphatic rings. The summed E-state index contributed by atoms with van der Waals surface area (Å²) in [5.41, 5.74) is 7.90. The minimum atomic E-state index is -0.674. The number of carbonyl (C=O) groups is 1. The van der Waals surface area contributed by atoms with Gasteiger partial charge in [0.05, 0.1) is 0 Å². The van der Waals surface area contributed by atoms with E-state index >= 15 is 0 Å². The van der Waals surface area contributed by atoms with E-state index in [9.17, 15) is 4.79 Å². The van der Waals surface area contributed by atoms with Gasteiger partial charge in [0.25, 0.3) is 0 Å². The number of aliphatic carboxylic acids is 1. The van der Waals surface area contributed by atoms with E-state index < -0.39 is 5.97 Å². The molecule has 0 aromatic heterocycles. The SMILES string of the molecule is NNNNCCCCCCCCCCCCC(=O)O. The minimum absolute atomic E-state index is 0.322. The first-order valence-electron chi connectivity index (χ1n) is 7.42. The summed E-state index contributed by atoms with van der Waals surface area (Å²) in [6.45, 7) is 0.924. The topological polar surface area (TPSA) is 99.4 Å². The van der Waals surface area contributed by atoms with Crippen molar-refractivity contribution in [2.24, 2.45) is 5.84 Å². The van der Waals surface area contributed by atoms with Gasteiger partial charge in [-0.25, -0.2) is 5.43 Å². The predicted octanol–water partition coefficient (Wildman–Crippen LogP) is 1.83. The molecule has 0 rings (SSSR count). The first-order valence-corrected chi connectivity index (χ1v) is 7.42. The smallest absolute Gasteiger partial charge is 0.303 e. The number of hydrogen-bond donors (Lipinski definition) is 5. The van der Waals surface area contributed by atoms with Gasteiger partial charge in [0.15, 0.2) is 0 Å². The largest absolute Gasteiger partial charge is 0.481 e. The minimum Gasteiger partial charge on any atom is -0.481 e. The molecule has 0 aromatic carbocycles. The molecule has 0 atom stereocenters. The van der Waals surface area contributed by atoms with Gasteiger partial charge in [-0.15, -0.1) is 0 Å². The molecule has 0 fully saturated rings. The Hall–Kier alpha value is -0.690. The molecule has 0 unspecified atom stereocenters. The van der Waals surface area contributed by atoms with Gasteiger partial charge < -0.3 is 5.11 Å². The molecule has 6 N–H and O–H groups in total. The molecule has 0 spiro atoms. The Kier molecular flexibility index (Phi) is 14.8. The van der Waals surface area contributed by atoms with Crippen LogP contribution in [0.5, 0.6) is 0 Å². The van der Waals surface area contributed by atoms with Crippen LogP contribution in [0.15, 0.2) is 0 Å². The predicted molar refractivity (Wildman–Crippen MR) is 76.9 cm³/mol. The lowest BCUT2D eigenvalue weighted by atomic mass is 10.1. The Bertz CT molecular complexity index is 203. The van der Waals surface area contributed by atoms with Crippen LogP contribution in [-0.2, 0) is 4.79 Å². The molecule has 0 aliphatic carbocycles. The van der Waals surface area contributed by atoms with Crippen molar-refractivity contribution in [3.05, 3.63) is 0 Å². The molecular formula is C13H30N4O2. The van der Waals surface area contributed by atoms with Crippen LogP contribution in [0.3, 0.4) is 0 Å². The molecule has 0 saturated carbocycles. The van der Waals surface area contributed by atoms with Crippen molar-refractivity contribution in [3.8, 4) is 0 Å². The Morgan fingerprint density at radius 2 is 1.32 bits per heavy atom. The van der Waals surface area contributed by atoms with Crippen LogP contribution < -0.4 is 22.3 Å². The first-order chi connectivity index (χ1) is 9.27. The van der Waals surface area contributed by atoms with Crippen molar-refractivity contribution >= 4 is 5.97 Å². The van der Waals surface area contributed by atoms with Gasteiger partial charge >= 0.3 is 5.97 Å². The van der Waals surface area contributed by atoms with E-state index in [2.05, 4.69) is 16.5 Å². The second-order valence-electron chi connectivity index (χ2n) is 4.88. The summed E-state index contributed by atoms with van der Waals surface area (Å²) in [5.74, 6) is 4.36. The Morgan fingerprint density at radius 3 is 1.79 bits per heavy atom. The number of nitrogens with two attached hydrogens (primary N) is 1. The zero-order valence-corrected chi connectivity index (χ0v) is 11.9. The highest BCUT2D eigenvalue weighted by Crippen LogP contribution is 2.11. The molecule has 0 aliphatic heterocycles. The van der Waals surface area contributed by atoms with Crippen molar-refractivity contribution < 1.29 is 9.90 Å². The van der Waals surface area contributed by atoms with E-state index in [0.717, 1.165) is 25.8 Å². The lowest BCUT2D eigenvalue weighted by Crippen LogP contribution is -2.47. The second-order valence-corrected chi connectivity index (χ2v) is 4.88. The highest BCUT2D eigenvalue weighted by molar-refractivity contribution is 5.66. The van der Waals surface area contributed by atoms with E-state index in [4.69, 9.17) is 10.9 Å². The molecule has 0 aromatic rings. The molecule has 19 heavy (non-hydrogen) atoms. The molecule has 0 radical (unpaired) electrons. The van der Waals surface area contributed by atoms with Gasteiger partial charge in [-0.1, -0.05) is 51.4 Å². The van der Waals surface area contributed by atoms with Crippen LogP contribution in [0.2, 0.25) is 0 Å². The summed E-state index contributed by atoms with van der Waals surface area (Å²) in [5, 5.41) is 8.49. The lowest BCUT2D eigenvalue weighted by molar-refractivity contribution is -0.137. The summed E-state index contributed by atoms with van der Waals surface area (Å²) >= 11 is 0. The average Bonchev–Trinajstić information content (AvgIpc) is 2.39. The van der Waals surface area contributed by atoms with Gasteiger partial charge in [0.1, 0.15) is 0 Å². The monoisotopic (exact) mass is 274 g/mol. The van der Waals surface area contributed by atoms with E-state index in [0.29, 0.717) is 6.42 Å². The number of unbranched alkanes of at least 4 members (excludes halogenated alkanes) is 9. The molecule has 6 nitrogen and oxygen atoms in total. The molecule has 0 heterocycles. The normalized spacial score (nSPS) is 10.8. The Balaban J connectivity index is 2.93. The lowest BCUT2D eigenvalue weighted by Gasteiger charge is -2.05. The number of hydrazine groups is 3. The van der Waals surface area contributed by atoms with Gasteiger partial charge in [0.2, 0.25) is 0 Å². The quantitative estimate of drug-likeness (QED) is 0.177. The summed E-state index contributed by atoms with van der Waals surface area (Å²) < 4.78 is 0. The summed E-state index contributed by atoms with van der Waals surface area (Å²) in [6.07, 6.45) is 12.2. The van der Waals surface area contributed by atoms with Crippen LogP contribution in [-0.4, -0.2) is 17.6 Å². The number of nitrogens with one attached hydrogen (secondary N) is 3. The maximum absolute atomic E-state index is 10.3. The van der Waals surface area contributed by atoms with Crippen LogP contribution in [0.4, 0.5) is 0 Å². The number of rotatable bonds is 15. The van der Waals surface area contributed by atoms with Crippen LogP contribution in [0, 0.1) is 0 Å². The summed E-state index contributed by atoms with van der Waals surface area (Å²) in [6, 6.07) is 0. The highest BCUT2D eigenvalue weighted by Gasteiger charge is 1.96. The average molecular weight is 274 g/mol. The van der Waals surface area contributed by atoms with Crippen molar-refractivity contribution in [1.29, 1.82) is 0 Å². The highest BCUT2D eigenvalue weighted by atomic mass is 16.4. The fourth-order valence-electron chi connectivity index (χ4n) is 2.02. The third-order valence-corrected chi connectivity index (χ3v) is 3.10. The molecular weight excluding hydrogens is 244 g/mol. The van der Waals surface area contributed by atoms with Gasteiger partial charge in [0, 0.05) is 13.0 Å². The third-order valence-electron chi connectivity index (χ3n) is 3.10. The molecule has 0 amide bonds. The van der Waals surface area contributed by atoms with Gasteiger partial charge in [-0.05, 0) is 12.8 Å². The fraction of sp³-hybridized carbons (Fsp3) is 0.923. The summed E-state index contributed by atoms with van der Waals surface area (Å²) in [7, 11) is 0. The number of carboxylic acid groups (broad SMARTS) is 1. The standard InChI is InChI=1S/C13H30N4O2/c14-16-17-15-12-10-8-6-4-2-1-3-5-7-9-11-13(18)19/h15-17H,1-12,14H2,(H,18,19). The number of hydrogen-bond acceptors (Lipinski definition) is 5. The zero-order valence-electron chi connectivity index (χ0n) is 11.9. The summed E-state index contributed by atoms with van der Waals surface area (Å²) in [4.78, 5) is 10.3. The van der Waals surface area contributed by atoms with Crippen molar-refractivity contribution in [2.75, 3.05) is 6.54 Å². The molecule has 0 saturated heterocycles. The van der Waals surface area contributed by atoms with E-state index in [-0.39, 0.29) is 0 Å². The second kappa shape index (κ2) is 15.4. The maximum Gasteiger partial charge on any atom is 0.303 e. The fourth-order valence-corrected chi connectivity index (χ4v) is 2.02. The van der Waals surface area contributed by atoms with E-state index in [1.807, 2.05) is 0 Å². The van der Waals surface area contributed by atoms with E-state index in [1.165, 1.54) is 44.9 Å². The zero-order chi connectivity index (χ0) is 14.2. The van der Waals surface area contributed by atoms with Gasteiger partial charge in [-0.2, -0.15) is 11.1 Å². The number of carboxylic acids is 1. The van der Waals surface area contributed by atoms with Crippen LogP contribution in [0.1, 0.15) is 70.6 Å². The molecule has 0 bridgehead atoms. The third kappa shape index (κ3) is 17.3. The van der Waals surface area contributed by atoms with Crippen molar-refractivity contribution in [3.63, 3.8) is 0 Å². The Morgan fingerprint density at radius 1 is 0.842 bits per heavy atom. The molecule has 6 heteroatoms. The first kappa shape index (κ1) is 18.3. The van der Waals surface area contributed by atoms with Crippen LogP contribution >= 0.6 is 0 Å². The van der Waals surface area contributed by atoms with Crippen molar-refractivity contribution in [2.45, 2.75) is 70.6 Å². The Labute approximate surface area is 116 Å². The maximum atomic E-state index is 10.3. The van der Waals surface area contributed by atoms with Crippen molar-refractivity contribution in [1.82, 2.24) is 16.5 Å². The van der Waals surface area contributed by atoms with Gasteiger partial charge in [-0.3, -0.25) is 10.6 Å². The van der Waals surface area contributed by atoms with Crippen LogP contribution in [0.25, 0.3) is 0 Å². The molecule has 114 valence electrons.